The third kappa shape index (κ3) is 7.67. The van der Waals surface area contributed by atoms with E-state index in [1.807, 2.05) is 0 Å². The molecular formula is C30H28F2N6O8. The van der Waals surface area contributed by atoms with Crippen LogP contribution in [0.25, 0.3) is 0 Å². The number of carbonyl (C=O) groups is 1. The Hall–Kier alpha value is -6.16. The van der Waals surface area contributed by atoms with E-state index in [9.17, 15) is 9.90 Å². The van der Waals surface area contributed by atoms with Crippen molar-refractivity contribution in [3.8, 4) is 46.3 Å². The summed E-state index contributed by atoms with van der Waals surface area (Å²) in [5.41, 5.74) is 11.3. The number of phenols is 1. The Morgan fingerprint density at radius 1 is 0.935 bits per heavy atom. The van der Waals surface area contributed by atoms with Crippen molar-refractivity contribution >= 4 is 23.5 Å². The van der Waals surface area contributed by atoms with Gasteiger partial charge >= 0.3 is 5.97 Å². The van der Waals surface area contributed by atoms with Crippen LogP contribution in [0.3, 0.4) is 0 Å². The van der Waals surface area contributed by atoms with Gasteiger partial charge in [0, 0.05) is 17.3 Å². The van der Waals surface area contributed by atoms with Crippen molar-refractivity contribution in [3.63, 3.8) is 0 Å². The van der Waals surface area contributed by atoms with Crippen LogP contribution in [-0.4, -0.2) is 52.8 Å². The van der Waals surface area contributed by atoms with Crippen LogP contribution in [0.4, 0.5) is 14.5 Å². The van der Waals surface area contributed by atoms with E-state index in [1.54, 1.807) is 6.07 Å². The molecule has 0 bridgehead atoms. The zero-order valence-electron chi connectivity index (χ0n) is 24.3. The minimum atomic E-state index is -1.47. The molecular weight excluding hydrogens is 610 g/mol. The number of amidine groups is 1. The lowest BCUT2D eigenvalue weighted by Gasteiger charge is -2.17. The molecule has 4 aromatic rings. The maximum Gasteiger partial charge on any atom is 0.338 e. The van der Waals surface area contributed by atoms with Crippen molar-refractivity contribution in [1.82, 2.24) is 4.98 Å². The quantitative estimate of drug-likeness (QED) is 0.0643. The van der Waals surface area contributed by atoms with Crippen molar-refractivity contribution < 1.29 is 47.5 Å². The number of nitrogens with two attached hydrogens (primary N) is 2. The summed E-state index contributed by atoms with van der Waals surface area (Å²) in [7, 11) is 1.23. The van der Waals surface area contributed by atoms with Crippen molar-refractivity contribution in [2.24, 2.45) is 11.5 Å². The molecule has 0 spiro atoms. The third-order valence-corrected chi connectivity index (χ3v) is 5.96. The number of benzene rings is 3. The van der Waals surface area contributed by atoms with Crippen LogP contribution in [0.15, 0.2) is 60.7 Å². The van der Waals surface area contributed by atoms with Crippen LogP contribution in [0.5, 0.6) is 46.3 Å². The molecule has 0 saturated carbocycles. The summed E-state index contributed by atoms with van der Waals surface area (Å²) in [6.45, 7) is 1.07. The number of hydrogen-bond donors (Lipinski definition) is 7. The number of aliphatic hydroxyl groups excluding tert-OH is 1. The van der Waals surface area contributed by atoms with Gasteiger partial charge in [0.05, 0.1) is 19.3 Å². The van der Waals surface area contributed by atoms with Crippen LogP contribution < -0.4 is 35.7 Å². The molecule has 9 N–H and O–H groups in total. The second-order valence-electron chi connectivity index (χ2n) is 9.41. The van der Waals surface area contributed by atoms with Crippen molar-refractivity contribution in [1.29, 1.82) is 10.8 Å². The summed E-state index contributed by atoms with van der Waals surface area (Å²) in [5, 5.41) is 37.1. The standard InChI is InChI=1S/C30H28F2N6O8/c1-14(13-39)43-29(41)16-7-9-20(22(11-16)42-2)45-25-23(31)27(44-18-5-3-4-17(12-18)37-30(35)36)38-28(24(25)32)46-21-10-15(26(33)34)6-8-19(21)40/h3-12,14,39-40H,13H2,1-2H3,(H3,33,34)(H4,35,36,37). The number of phenolic OH excluding ortho intramolecular Hbond substituents is 1. The van der Waals surface area contributed by atoms with Gasteiger partial charge in [-0.05, 0) is 55.5 Å². The van der Waals surface area contributed by atoms with Crippen LogP contribution in [0.1, 0.15) is 22.8 Å². The van der Waals surface area contributed by atoms with Crippen LogP contribution >= 0.6 is 0 Å². The number of hydrogen-bond acceptors (Lipinski definition) is 11. The lowest BCUT2D eigenvalue weighted by atomic mass is 10.2. The van der Waals surface area contributed by atoms with Gasteiger partial charge in [0.15, 0.2) is 29.0 Å². The van der Waals surface area contributed by atoms with Gasteiger partial charge in [-0.25, -0.2) is 4.79 Å². The summed E-state index contributed by atoms with van der Waals surface area (Å²) in [4.78, 5) is 16.2. The zero-order chi connectivity index (χ0) is 33.5. The van der Waals surface area contributed by atoms with E-state index in [2.05, 4.69) is 10.3 Å². The number of carbonyl (C=O) groups excluding carboxylic acids is 1. The van der Waals surface area contributed by atoms with Crippen LogP contribution in [0.2, 0.25) is 0 Å². The van der Waals surface area contributed by atoms with Gasteiger partial charge in [-0.15, -0.1) is 0 Å². The number of esters is 1. The Kier molecular flexibility index (Phi) is 10.0. The number of nitrogens with one attached hydrogen (secondary N) is 3. The smallest absolute Gasteiger partial charge is 0.338 e. The molecule has 4 rings (SSSR count). The molecule has 3 aromatic carbocycles. The normalized spacial score (nSPS) is 11.2. The molecule has 0 aliphatic heterocycles. The number of methoxy groups -OCH3 is 1. The fourth-order valence-corrected chi connectivity index (χ4v) is 3.75. The van der Waals surface area contributed by atoms with Crippen LogP contribution in [0, 0.1) is 22.5 Å². The molecule has 46 heavy (non-hydrogen) atoms. The first-order valence-corrected chi connectivity index (χ1v) is 13.2. The highest BCUT2D eigenvalue weighted by molar-refractivity contribution is 5.95. The maximum atomic E-state index is 15.9. The Bertz CT molecular complexity index is 1810. The Labute approximate surface area is 260 Å². The summed E-state index contributed by atoms with van der Waals surface area (Å²) >= 11 is 0. The van der Waals surface area contributed by atoms with E-state index >= 15 is 8.78 Å². The number of nitrogen functional groups attached to an aromatic ring is 1. The van der Waals surface area contributed by atoms with Crippen molar-refractivity contribution in [3.05, 3.63) is 83.4 Å². The highest BCUT2D eigenvalue weighted by atomic mass is 19.1. The highest BCUT2D eigenvalue weighted by Crippen LogP contribution is 2.43. The number of nitrogens with zero attached hydrogens (tertiary/aromatic N) is 1. The van der Waals surface area contributed by atoms with Crippen LogP contribution in [-0.2, 0) is 4.74 Å². The van der Waals surface area contributed by atoms with E-state index in [-0.39, 0.29) is 45.9 Å². The monoisotopic (exact) mass is 638 g/mol. The molecule has 16 heteroatoms. The van der Waals surface area contributed by atoms with Gasteiger partial charge in [-0.1, -0.05) is 6.07 Å². The average molecular weight is 639 g/mol. The van der Waals surface area contributed by atoms with E-state index in [0.29, 0.717) is 5.69 Å². The molecule has 0 aliphatic carbocycles. The molecule has 0 radical (unpaired) electrons. The lowest BCUT2D eigenvalue weighted by molar-refractivity contribution is 0.0196. The number of pyridine rings is 1. The van der Waals surface area contributed by atoms with E-state index in [1.165, 1.54) is 56.5 Å². The second kappa shape index (κ2) is 14.1. The number of rotatable bonds is 12. The SMILES string of the molecule is COc1cc(C(=O)OC(C)CO)ccc1Oc1c(F)c(Oc2cccc(NC(=N)N)c2)nc(Oc2cc(C(=N)N)ccc2O)c1F. The number of guanidine groups is 1. The minimum absolute atomic E-state index is 0.00639. The molecule has 14 nitrogen and oxygen atoms in total. The Morgan fingerprint density at radius 3 is 2.26 bits per heavy atom. The molecule has 1 atom stereocenters. The molecule has 1 aromatic heterocycles. The number of halogens is 2. The van der Waals surface area contributed by atoms with E-state index in [0.717, 1.165) is 12.1 Å². The van der Waals surface area contributed by atoms with E-state index in [4.69, 9.17) is 51.1 Å². The molecule has 1 heterocycles. The predicted octanol–water partition coefficient (Wildman–Crippen LogP) is 4.58. The van der Waals surface area contributed by atoms with E-state index < -0.39 is 53.6 Å². The van der Waals surface area contributed by atoms with Gasteiger partial charge in [-0.2, -0.15) is 13.8 Å². The fourth-order valence-electron chi connectivity index (χ4n) is 3.75. The number of ether oxygens (including phenoxy) is 5. The second-order valence-corrected chi connectivity index (χ2v) is 9.41. The summed E-state index contributed by atoms with van der Waals surface area (Å²) < 4.78 is 58.8. The Balaban J connectivity index is 1.80. The fraction of sp³-hybridized carbons (Fsp3) is 0.133. The maximum absolute atomic E-state index is 15.9. The highest BCUT2D eigenvalue weighted by Gasteiger charge is 2.28. The molecule has 0 saturated heterocycles. The summed E-state index contributed by atoms with van der Waals surface area (Å²) in [5.74, 6) is -8.49. The van der Waals surface area contributed by atoms with Gasteiger partial charge in [0.1, 0.15) is 17.7 Å². The Morgan fingerprint density at radius 2 is 1.61 bits per heavy atom. The van der Waals surface area contributed by atoms with Gasteiger partial charge in [-0.3, -0.25) is 10.8 Å². The average Bonchev–Trinajstić information content (AvgIpc) is 3.02. The predicted molar refractivity (Wildman–Crippen MR) is 160 cm³/mol. The van der Waals surface area contributed by atoms with Gasteiger partial charge in [0.2, 0.25) is 17.4 Å². The van der Waals surface area contributed by atoms with Gasteiger partial charge < -0.3 is 50.7 Å². The number of aromatic hydroxyl groups is 1. The van der Waals surface area contributed by atoms with Crippen molar-refractivity contribution in [2.45, 2.75) is 13.0 Å². The van der Waals surface area contributed by atoms with Gasteiger partial charge in [0.25, 0.3) is 11.8 Å². The largest absolute Gasteiger partial charge is 0.504 e. The number of anilines is 1. The topological polar surface area (TPSA) is 228 Å². The molecule has 0 aliphatic rings. The first-order chi connectivity index (χ1) is 21.9. The summed E-state index contributed by atoms with van der Waals surface area (Å²) in [6.07, 6.45) is -0.791. The zero-order valence-corrected chi connectivity index (χ0v) is 24.3. The molecule has 0 amide bonds. The third-order valence-electron chi connectivity index (χ3n) is 5.96. The lowest BCUT2D eigenvalue weighted by Crippen LogP contribution is -2.20. The first-order valence-electron chi connectivity index (χ1n) is 13.2. The van der Waals surface area contributed by atoms with Crippen molar-refractivity contribution in [2.75, 3.05) is 19.0 Å². The molecule has 1 unspecified atom stereocenters. The first kappa shape index (κ1) is 32.7. The number of aliphatic hydroxyl groups is 1. The molecule has 0 fully saturated rings. The summed E-state index contributed by atoms with van der Waals surface area (Å²) in [6, 6.07) is 13.1. The number of aromatic nitrogens is 1. The molecule has 240 valence electrons. The minimum Gasteiger partial charge on any atom is -0.504 e.